The Hall–Kier alpha value is -0.230. The molecule has 0 spiro atoms. The number of likely N-dealkylation sites (tertiary alicyclic amines) is 1. The fraction of sp³-hybridized carbons (Fsp3) is 0.533. The molecule has 1 aromatic carbocycles. The number of carbonyl (C=O) groups excluding carboxylic acids is 1. The highest BCUT2D eigenvalue weighted by molar-refractivity contribution is 9.10. The Morgan fingerprint density at radius 2 is 2.29 bits per heavy atom. The maximum Gasteiger partial charge on any atom is 0.233 e. The van der Waals surface area contributed by atoms with Crippen LogP contribution in [0.1, 0.15) is 18.4 Å². The summed E-state index contributed by atoms with van der Waals surface area (Å²) in [5.74, 6) is 0.790. The second-order valence-corrected chi connectivity index (χ2v) is 7.07. The van der Waals surface area contributed by atoms with Crippen LogP contribution in [-0.4, -0.2) is 42.7 Å². The Balaban J connectivity index is 0.00000220. The molecule has 1 aliphatic rings. The summed E-state index contributed by atoms with van der Waals surface area (Å²) in [5.41, 5.74) is 1.21. The van der Waals surface area contributed by atoms with Crippen molar-refractivity contribution < 1.29 is 4.79 Å². The Labute approximate surface area is 145 Å². The first-order valence-electron chi connectivity index (χ1n) is 6.95. The third-order valence-corrected chi connectivity index (χ3v) is 5.28. The molecule has 1 aromatic rings. The van der Waals surface area contributed by atoms with E-state index in [2.05, 4.69) is 40.3 Å². The van der Waals surface area contributed by atoms with Gasteiger partial charge in [0.25, 0.3) is 0 Å². The molecule has 1 aliphatic heterocycles. The molecule has 1 unspecified atom stereocenters. The van der Waals surface area contributed by atoms with Crippen LogP contribution in [0.2, 0.25) is 0 Å². The SMILES string of the molecule is CNCC1CCCN1C(=O)CSc1ccc(Br)cc1C.Cl. The van der Waals surface area contributed by atoms with E-state index in [9.17, 15) is 4.79 Å². The molecule has 1 amide bonds. The van der Waals surface area contributed by atoms with Gasteiger partial charge in [-0.3, -0.25) is 4.79 Å². The molecule has 1 atom stereocenters. The van der Waals surface area contributed by atoms with Gasteiger partial charge in [0.15, 0.2) is 0 Å². The zero-order valence-electron chi connectivity index (χ0n) is 12.4. The van der Waals surface area contributed by atoms with E-state index in [-0.39, 0.29) is 18.3 Å². The molecule has 1 N–H and O–H groups in total. The first-order valence-corrected chi connectivity index (χ1v) is 8.72. The minimum atomic E-state index is 0. The number of carbonyl (C=O) groups is 1. The zero-order valence-corrected chi connectivity index (χ0v) is 15.6. The zero-order chi connectivity index (χ0) is 14.5. The number of nitrogens with zero attached hydrogens (tertiary/aromatic N) is 1. The number of nitrogens with one attached hydrogen (secondary N) is 1. The van der Waals surface area contributed by atoms with E-state index < -0.39 is 0 Å². The lowest BCUT2D eigenvalue weighted by molar-refractivity contribution is -0.129. The van der Waals surface area contributed by atoms with Gasteiger partial charge in [-0.1, -0.05) is 15.9 Å². The molecule has 0 bridgehead atoms. The average Bonchev–Trinajstić information content (AvgIpc) is 2.86. The molecular formula is C15H22BrClN2OS. The van der Waals surface area contributed by atoms with Gasteiger partial charge in [0, 0.05) is 28.5 Å². The molecule has 3 nitrogen and oxygen atoms in total. The van der Waals surface area contributed by atoms with E-state index in [1.54, 1.807) is 11.8 Å². The lowest BCUT2D eigenvalue weighted by Crippen LogP contribution is -2.41. The largest absolute Gasteiger partial charge is 0.338 e. The van der Waals surface area contributed by atoms with Crippen LogP contribution in [0.4, 0.5) is 0 Å². The predicted octanol–water partition coefficient (Wildman–Crippen LogP) is 3.48. The fourth-order valence-corrected chi connectivity index (χ4v) is 3.98. The van der Waals surface area contributed by atoms with Gasteiger partial charge in [0.05, 0.1) is 5.75 Å². The number of likely N-dealkylation sites (N-methyl/N-ethyl adjacent to an activating group) is 1. The van der Waals surface area contributed by atoms with E-state index in [1.165, 1.54) is 10.5 Å². The topological polar surface area (TPSA) is 32.3 Å². The molecule has 0 saturated carbocycles. The van der Waals surface area contributed by atoms with Crippen LogP contribution < -0.4 is 5.32 Å². The van der Waals surface area contributed by atoms with E-state index in [0.29, 0.717) is 11.8 Å². The van der Waals surface area contributed by atoms with Crippen LogP contribution in [0.5, 0.6) is 0 Å². The second kappa shape index (κ2) is 9.03. The van der Waals surface area contributed by atoms with Crippen molar-refractivity contribution in [1.29, 1.82) is 0 Å². The molecule has 2 rings (SSSR count). The summed E-state index contributed by atoms with van der Waals surface area (Å²) < 4.78 is 1.08. The highest BCUT2D eigenvalue weighted by Gasteiger charge is 2.27. The lowest BCUT2D eigenvalue weighted by atomic mass is 10.2. The predicted molar refractivity (Wildman–Crippen MR) is 95.5 cm³/mol. The Kier molecular flexibility index (Phi) is 8.09. The van der Waals surface area contributed by atoms with Gasteiger partial charge in [-0.2, -0.15) is 0 Å². The van der Waals surface area contributed by atoms with Gasteiger partial charge < -0.3 is 10.2 Å². The van der Waals surface area contributed by atoms with Crippen molar-refractivity contribution in [3.8, 4) is 0 Å². The monoisotopic (exact) mass is 392 g/mol. The van der Waals surface area contributed by atoms with Gasteiger partial charge in [-0.25, -0.2) is 0 Å². The molecule has 1 saturated heterocycles. The highest BCUT2D eigenvalue weighted by atomic mass is 79.9. The van der Waals surface area contributed by atoms with Crippen molar-refractivity contribution >= 4 is 46.0 Å². The molecule has 1 heterocycles. The summed E-state index contributed by atoms with van der Waals surface area (Å²) in [4.78, 5) is 15.6. The number of rotatable bonds is 5. The molecule has 0 radical (unpaired) electrons. The Bertz CT molecular complexity index is 487. The quantitative estimate of drug-likeness (QED) is 0.777. The first kappa shape index (κ1) is 18.8. The minimum absolute atomic E-state index is 0. The smallest absolute Gasteiger partial charge is 0.233 e. The number of halogens is 2. The van der Waals surface area contributed by atoms with Crippen LogP contribution in [0.3, 0.4) is 0 Å². The number of benzene rings is 1. The molecule has 0 aromatic heterocycles. The van der Waals surface area contributed by atoms with E-state index >= 15 is 0 Å². The molecule has 0 aliphatic carbocycles. The van der Waals surface area contributed by atoms with Gasteiger partial charge >= 0.3 is 0 Å². The number of amides is 1. The van der Waals surface area contributed by atoms with E-state index in [4.69, 9.17) is 0 Å². The molecule has 6 heteroatoms. The lowest BCUT2D eigenvalue weighted by Gasteiger charge is -2.24. The third-order valence-electron chi connectivity index (χ3n) is 3.63. The number of thioether (sulfide) groups is 1. The van der Waals surface area contributed by atoms with Crippen molar-refractivity contribution in [2.24, 2.45) is 0 Å². The van der Waals surface area contributed by atoms with E-state index in [1.807, 2.05) is 18.0 Å². The summed E-state index contributed by atoms with van der Waals surface area (Å²) in [6, 6.07) is 6.57. The van der Waals surface area contributed by atoms with Crippen LogP contribution >= 0.6 is 40.1 Å². The summed E-state index contributed by atoms with van der Waals surface area (Å²) in [7, 11) is 1.95. The Morgan fingerprint density at radius 3 is 2.95 bits per heavy atom. The summed E-state index contributed by atoms with van der Waals surface area (Å²) >= 11 is 5.10. The van der Waals surface area contributed by atoms with Gasteiger partial charge in [-0.15, -0.1) is 24.2 Å². The second-order valence-electron chi connectivity index (χ2n) is 5.14. The van der Waals surface area contributed by atoms with Gasteiger partial charge in [0.1, 0.15) is 0 Å². The average molecular weight is 394 g/mol. The maximum absolute atomic E-state index is 12.4. The summed E-state index contributed by atoms with van der Waals surface area (Å²) in [6.45, 7) is 3.88. The van der Waals surface area contributed by atoms with Crippen LogP contribution in [0, 0.1) is 6.92 Å². The third kappa shape index (κ3) is 5.16. The Morgan fingerprint density at radius 1 is 1.52 bits per heavy atom. The van der Waals surface area contributed by atoms with Crippen LogP contribution in [-0.2, 0) is 4.79 Å². The van der Waals surface area contributed by atoms with Crippen molar-refractivity contribution in [3.63, 3.8) is 0 Å². The van der Waals surface area contributed by atoms with Crippen molar-refractivity contribution in [1.82, 2.24) is 10.2 Å². The van der Waals surface area contributed by atoms with Crippen molar-refractivity contribution in [2.75, 3.05) is 25.9 Å². The normalized spacial score (nSPS) is 17.7. The molecule has 118 valence electrons. The van der Waals surface area contributed by atoms with E-state index in [0.717, 1.165) is 30.4 Å². The maximum atomic E-state index is 12.4. The number of hydrogen-bond acceptors (Lipinski definition) is 3. The van der Waals surface area contributed by atoms with Gasteiger partial charge in [-0.05, 0) is 50.6 Å². The standard InChI is InChI=1S/C15H21BrN2OS.ClH/c1-11-8-12(16)5-6-14(11)20-10-15(19)18-7-3-4-13(18)9-17-2;/h5-6,8,13,17H,3-4,7,9-10H2,1-2H3;1H. The molecule has 21 heavy (non-hydrogen) atoms. The highest BCUT2D eigenvalue weighted by Crippen LogP contribution is 2.26. The first-order chi connectivity index (χ1) is 9.61. The number of hydrogen-bond donors (Lipinski definition) is 1. The molecular weight excluding hydrogens is 372 g/mol. The summed E-state index contributed by atoms with van der Waals surface area (Å²) in [6.07, 6.45) is 2.24. The van der Waals surface area contributed by atoms with Gasteiger partial charge in [0.2, 0.25) is 5.91 Å². The van der Waals surface area contributed by atoms with Crippen LogP contribution in [0.25, 0.3) is 0 Å². The van der Waals surface area contributed by atoms with Crippen molar-refractivity contribution in [3.05, 3.63) is 28.2 Å². The minimum Gasteiger partial charge on any atom is -0.338 e. The number of aryl methyl sites for hydroxylation is 1. The summed E-state index contributed by atoms with van der Waals surface area (Å²) in [5, 5.41) is 3.18. The fourth-order valence-electron chi connectivity index (χ4n) is 2.61. The van der Waals surface area contributed by atoms with Crippen LogP contribution in [0.15, 0.2) is 27.6 Å². The van der Waals surface area contributed by atoms with Crippen molar-refractivity contribution in [2.45, 2.75) is 30.7 Å². The molecule has 1 fully saturated rings.